The fraction of sp³-hybridized carbons (Fsp3) is 0.0526. The van der Waals surface area contributed by atoms with E-state index in [0.717, 1.165) is 54.2 Å². The van der Waals surface area contributed by atoms with Crippen LogP contribution in [0.1, 0.15) is 11.1 Å². The van der Waals surface area contributed by atoms with Crippen molar-refractivity contribution in [2.24, 2.45) is 0 Å². The molecule has 2 aromatic heterocycles. The Morgan fingerprint density at radius 3 is 1.33 bits per heavy atom. The van der Waals surface area contributed by atoms with E-state index >= 15 is 0 Å². The summed E-state index contributed by atoms with van der Waals surface area (Å²) in [5.41, 5.74) is 5.20. The molecule has 0 spiro atoms. The third kappa shape index (κ3) is 3.84. The van der Waals surface area contributed by atoms with Crippen LogP contribution in [0.25, 0.3) is 76.5 Å². The fourth-order valence-corrected chi connectivity index (χ4v) is 6.08. The Hall–Kier alpha value is -5.48. The first-order chi connectivity index (χ1) is 20.4. The lowest BCUT2D eigenvalue weighted by Gasteiger charge is -2.09. The van der Waals surface area contributed by atoms with Crippen molar-refractivity contribution in [1.29, 1.82) is 0 Å². The van der Waals surface area contributed by atoms with Gasteiger partial charge < -0.3 is 8.83 Å². The molecule has 0 N–H and O–H groups in total. The molecular weight excluding hydrogens is 520 g/mol. The first-order valence-corrected chi connectivity index (χ1v) is 13.9. The van der Waals surface area contributed by atoms with Crippen LogP contribution in [0.5, 0.6) is 0 Å². The van der Waals surface area contributed by atoms with Gasteiger partial charge in [0.25, 0.3) is 0 Å². The summed E-state index contributed by atoms with van der Waals surface area (Å²) in [6.45, 7) is 4.13. The largest absolute Gasteiger partial charge is 0.422 e. The van der Waals surface area contributed by atoms with Crippen LogP contribution in [0.2, 0.25) is 0 Å². The molecule has 6 aromatic carbocycles. The molecule has 4 nitrogen and oxygen atoms in total. The van der Waals surface area contributed by atoms with Gasteiger partial charge in [-0.05, 0) is 93.7 Å². The van der Waals surface area contributed by atoms with Crippen LogP contribution in [0.3, 0.4) is 0 Å². The molecule has 0 fully saturated rings. The lowest BCUT2D eigenvalue weighted by molar-refractivity contribution is 0.563. The topological polar surface area (TPSA) is 60.4 Å². The van der Waals surface area contributed by atoms with Gasteiger partial charge in [-0.1, -0.05) is 83.9 Å². The molecule has 42 heavy (non-hydrogen) atoms. The second kappa shape index (κ2) is 9.02. The fourth-order valence-electron chi connectivity index (χ4n) is 6.08. The number of aryl methyl sites for hydroxylation is 2. The van der Waals surface area contributed by atoms with Gasteiger partial charge in [0.2, 0.25) is 0 Å². The van der Waals surface area contributed by atoms with Crippen LogP contribution in [-0.2, 0) is 0 Å². The Morgan fingerprint density at radius 2 is 0.857 bits per heavy atom. The zero-order valence-corrected chi connectivity index (χ0v) is 23.0. The predicted molar refractivity (Wildman–Crippen MR) is 171 cm³/mol. The molecule has 0 radical (unpaired) electrons. The minimum Gasteiger partial charge on any atom is -0.422 e. The second-order valence-electron chi connectivity index (χ2n) is 11.1. The third-order valence-electron chi connectivity index (χ3n) is 8.24. The maximum atomic E-state index is 13.1. The quantitative estimate of drug-likeness (QED) is 0.161. The maximum Gasteiger partial charge on any atom is 0.344 e. The highest BCUT2D eigenvalue weighted by Crippen LogP contribution is 2.33. The van der Waals surface area contributed by atoms with Crippen molar-refractivity contribution in [1.82, 2.24) is 0 Å². The summed E-state index contributed by atoms with van der Waals surface area (Å²) in [6.07, 6.45) is 0. The highest BCUT2D eigenvalue weighted by Gasteiger charge is 2.14. The highest BCUT2D eigenvalue weighted by molar-refractivity contribution is 6.08. The van der Waals surface area contributed by atoms with Gasteiger partial charge in [-0.2, -0.15) is 0 Å². The average Bonchev–Trinajstić information content (AvgIpc) is 2.99. The molecule has 0 bridgehead atoms. The summed E-state index contributed by atoms with van der Waals surface area (Å²) in [4.78, 5) is 26.3. The van der Waals surface area contributed by atoms with E-state index in [1.807, 2.05) is 72.8 Å². The molecule has 0 saturated heterocycles. The smallest absolute Gasteiger partial charge is 0.344 e. The van der Waals surface area contributed by atoms with Crippen molar-refractivity contribution >= 4 is 54.3 Å². The van der Waals surface area contributed by atoms with Crippen molar-refractivity contribution in [3.8, 4) is 22.3 Å². The molecule has 0 aliphatic carbocycles. The van der Waals surface area contributed by atoms with Crippen LogP contribution in [0.15, 0.2) is 128 Å². The van der Waals surface area contributed by atoms with Gasteiger partial charge in [0, 0.05) is 10.8 Å². The predicted octanol–water partition coefficient (Wildman–Crippen LogP) is 9.31. The standard InChI is InChI=1S/C38H24O4/c1-21-3-11-29-24(15-21)9-13-35-33(29)19-31(37(39)41-35)26-7-5-23-6-8-27(18-28(23)17-26)32-20-34-30-12-4-22(2)16-25(30)10-14-36(34)42-38(32)40/h3-20H,1-2H3. The Kier molecular flexibility index (Phi) is 5.22. The van der Waals surface area contributed by atoms with Gasteiger partial charge in [0.15, 0.2) is 0 Å². The van der Waals surface area contributed by atoms with E-state index in [1.165, 1.54) is 11.1 Å². The van der Waals surface area contributed by atoms with Gasteiger partial charge in [-0.3, -0.25) is 0 Å². The molecular formula is C38H24O4. The molecule has 0 aliphatic rings. The Bertz CT molecular complexity index is 2360. The van der Waals surface area contributed by atoms with E-state index in [4.69, 9.17) is 8.83 Å². The third-order valence-corrected chi connectivity index (χ3v) is 8.24. The van der Waals surface area contributed by atoms with Crippen molar-refractivity contribution < 1.29 is 8.83 Å². The van der Waals surface area contributed by atoms with E-state index in [2.05, 4.69) is 50.2 Å². The summed E-state index contributed by atoms with van der Waals surface area (Å²) in [7, 11) is 0. The molecule has 4 heteroatoms. The van der Waals surface area contributed by atoms with E-state index in [0.29, 0.717) is 22.3 Å². The Morgan fingerprint density at radius 1 is 0.405 bits per heavy atom. The Labute approximate surface area is 240 Å². The van der Waals surface area contributed by atoms with Gasteiger partial charge in [0.1, 0.15) is 11.2 Å². The molecule has 0 atom stereocenters. The van der Waals surface area contributed by atoms with Crippen LogP contribution >= 0.6 is 0 Å². The molecule has 0 amide bonds. The maximum absolute atomic E-state index is 13.1. The highest BCUT2D eigenvalue weighted by atomic mass is 16.4. The summed E-state index contributed by atoms with van der Waals surface area (Å²) >= 11 is 0. The summed E-state index contributed by atoms with van der Waals surface area (Å²) < 4.78 is 11.6. The summed E-state index contributed by atoms with van der Waals surface area (Å²) in [5.74, 6) is 0. The lowest BCUT2D eigenvalue weighted by Crippen LogP contribution is -2.03. The summed E-state index contributed by atoms with van der Waals surface area (Å²) in [5, 5.41) is 7.98. The van der Waals surface area contributed by atoms with E-state index in [1.54, 1.807) is 0 Å². The normalized spacial score (nSPS) is 11.8. The van der Waals surface area contributed by atoms with E-state index in [-0.39, 0.29) is 11.3 Å². The first-order valence-electron chi connectivity index (χ1n) is 13.9. The van der Waals surface area contributed by atoms with Gasteiger partial charge in [0.05, 0.1) is 11.1 Å². The second-order valence-corrected chi connectivity index (χ2v) is 11.1. The zero-order valence-electron chi connectivity index (χ0n) is 23.0. The lowest BCUT2D eigenvalue weighted by atomic mass is 9.96. The number of hydrogen-bond acceptors (Lipinski definition) is 4. The van der Waals surface area contributed by atoms with E-state index in [9.17, 15) is 9.59 Å². The number of hydrogen-bond donors (Lipinski definition) is 0. The minimum absolute atomic E-state index is 0.387. The SMILES string of the molecule is Cc1ccc2c(ccc3oc(=O)c(-c4ccc5ccc(-c6cc7c(ccc8cc(C)ccc87)oc6=O)cc5c4)cc32)c1. The molecule has 0 aliphatic heterocycles. The van der Waals surface area contributed by atoms with Crippen molar-refractivity contribution in [3.63, 3.8) is 0 Å². The number of fused-ring (bicyclic) bond motifs is 7. The molecule has 0 saturated carbocycles. The van der Waals surface area contributed by atoms with Gasteiger partial charge in [-0.25, -0.2) is 9.59 Å². The van der Waals surface area contributed by atoms with Crippen LogP contribution in [0, 0.1) is 13.8 Å². The van der Waals surface area contributed by atoms with Crippen LogP contribution < -0.4 is 11.3 Å². The van der Waals surface area contributed by atoms with Gasteiger partial charge >= 0.3 is 11.3 Å². The van der Waals surface area contributed by atoms with Crippen LogP contribution in [-0.4, -0.2) is 0 Å². The van der Waals surface area contributed by atoms with Crippen molar-refractivity contribution in [2.75, 3.05) is 0 Å². The monoisotopic (exact) mass is 544 g/mol. The molecule has 8 aromatic rings. The van der Waals surface area contributed by atoms with Gasteiger partial charge in [-0.15, -0.1) is 0 Å². The molecule has 0 unspecified atom stereocenters. The summed E-state index contributed by atoms with van der Waals surface area (Å²) in [6, 6.07) is 35.9. The number of rotatable bonds is 2. The zero-order chi connectivity index (χ0) is 28.5. The first kappa shape index (κ1) is 24.3. The van der Waals surface area contributed by atoms with Crippen molar-refractivity contribution in [2.45, 2.75) is 13.8 Å². The molecule has 2 heterocycles. The molecule has 8 rings (SSSR count). The molecule has 200 valence electrons. The van der Waals surface area contributed by atoms with Crippen molar-refractivity contribution in [3.05, 3.63) is 141 Å². The van der Waals surface area contributed by atoms with Crippen LogP contribution in [0.4, 0.5) is 0 Å². The average molecular weight is 545 g/mol. The van der Waals surface area contributed by atoms with E-state index < -0.39 is 0 Å². The Balaban J connectivity index is 1.29. The minimum atomic E-state index is -0.387. The number of benzene rings is 6.